The quantitative estimate of drug-likeness (QED) is 0.603. The first-order valence-corrected chi connectivity index (χ1v) is 6.89. The Morgan fingerprint density at radius 3 is 2.05 bits per heavy atom. The lowest BCUT2D eigenvalue weighted by Gasteiger charge is -2.62. The van der Waals surface area contributed by atoms with E-state index >= 15 is 0 Å². The van der Waals surface area contributed by atoms with E-state index in [9.17, 15) is 28.2 Å². The highest BCUT2D eigenvalue weighted by molar-refractivity contribution is 5.89. The first-order valence-electron chi connectivity index (χ1n) is 6.89. The smallest absolute Gasteiger partial charge is 0.422 e. The lowest BCUT2D eigenvalue weighted by atomic mass is 9.50. The number of ether oxygens (including phenoxy) is 1. The molecule has 0 saturated heterocycles. The molecule has 0 aromatic heterocycles. The molecule has 21 heavy (non-hydrogen) atoms. The maximum absolute atomic E-state index is 12.5. The number of hydrogen-bond acceptors (Lipinski definition) is 4. The summed E-state index contributed by atoms with van der Waals surface area (Å²) in [6, 6.07) is 0. The van der Waals surface area contributed by atoms with Crippen LogP contribution in [-0.4, -0.2) is 39.2 Å². The molecular weight excluding hydrogens is 289 g/mol. The molecule has 0 spiro atoms. The standard InChI is InChI=1S/C14H17F3O4/c1-8(14(15,16)17)10(18)21-13-4-9-2-11(19,6-13)5-12(20,3-9)7-13/h9,19-20H,1-7H2. The zero-order chi connectivity index (χ0) is 15.7. The molecule has 0 radical (unpaired) electrons. The highest BCUT2D eigenvalue weighted by atomic mass is 19.4. The number of esters is 1. The minimum atomic E-state index is -4.84. The Hall–Kier alpha value is -1.08. The van der Waals surface area contributed by atoms with E-state index in [2.05, 4.69) is 6.58 Å². The van der Waals surface area contributed by atoms with Crippen LogP contribution in [0.25, 0.3) is 0 Å². The summed E-state index contributed by atoms with van der Waals surface area (Å²) < 4.78 is 42.6. The summed E-state index contributed by atoms with van der Waals surface area (Å²) in [5, 5.41) is 20.9. The molecule has 2 unspecified atom stereocenters. The topological polar surface area (TPSA) is 66.8 Å². The molecular formula is C14H17F3O4. The van der Waals surface area contributed by atoms with Crippen molar-refractivity contribution < 1.29 is 32.9 Å². The Bertz CT molecular complexity index is 495. The van der Waals surface area contributed by atoms with Crippen LogP contribution < -0.4 is 0 Å². The van der Waals surface area contributed by atoms with E-state index in [0.29, 0.717) is 19.3 Å². The number of carbonyl (C=O) groups excluding carboxylic acids is 1. The number of carbonyl (C=O) groups is 1. The molecule has 4 nitrogen and oxygen atoms in total. The third-order valence-corrected chi connectivity index (χ3v) is 4.86. The molecule has 4 aliphatic carbocycles. The van der Waals surface area contributed by atoms with Crippen molar-refractivity contribution in [3.8, 4) is 0 Å². The van der Waals surface area contributed by atoms with Crippen LogP contribution in [0.3, 0.4) is 0 Å². The minimum absolute atomic E-state index is 0.0387. The highest BCUT2D eigenvalue weighted by Gasteiger charge is 2.64. The van der Waals surface area contributed by atoms with Crippen molar-refractivity contribution in [3.63, 3.8) is 0 Å². The maximum Gasteiger partial charge on any atom is 0.422 e. The fourth-order valence-corrected chi connectivity index (χ4v) is 4.74. The van der Waals surface area contributed by atoms with E-state index in [1.807, 2.05) is 0 Å². The molecule has 0 heterocycles. The Morgan fingerprint density at radius 1 is 1.10 bits per heavy atom. The molecule has 4 rings (SSSR count). The van der Waals surface area contributed by atoms with Crippen LogP contribution in [0.15, 0.2) is 12.2 Å². The average molecular weight is 306 g/mol. The van der Waals surface area contributed by atoms with Crippen molar-refractivity contribution in [1.29, 1.82) is 0 Å². The molecule has 2 atom stereocenters. The largest absolute Gasteiger partial charge is 0.455 e. The van der Waals surface area contributed by atoms with Crippen molar-refractivity contribution in [2.75, 3.05) is 0 Å². The number of rotatable bonds is 2. The van der Waals surface area contributed by atoms with Crippen LogP contribution in [0.5, 0.6) is 0 Å². The van der Waals surface area contributed by atoms with Crippen LogP contribution in [0.4, 0.5) is 13.2 Å². The van der Waals surface area contributed by atoms with Gasteiger partial charge in [0.25, 0.3) is 0 Å². The molecule has 4 aliphatic rings. The Balaban J connectivity index is 1.82. The number of hydrogen-bond donors (Lipinski definition) is 2. The molecule has 0 amide bonds. The van der Waals surface area contributed by atoms with Crippen LogP contribution in [0.1, 0.15) is 38.5 Å². The average Bonchev–Trinajstić information content (AvgIpc) is 2.20. The summed E-state index contributed by atoms with van der Waals surface area (Å²) in [4.78, 5) is 11.7. The third-order valence-electron chi connectivity index (χ3n) is 4.86. The zero-order valence-electron chi connectivity index (χ0n) is 11.4. The van der Waals surface area contributed by atoms with Crippen molar-refractivity contribution in [2.24, 2.45) is 5.92 Å². The lowest BCUT2D eigenvalue weighted by Crippen LogP contribution is -2.67. The van der Waals surface area contributed by atoms with Gasteiger partial charge in [0.2, 0.25) is 0 Å². The highest BCUT2D eigenvalue weighted by Crippen LogP contribution is 2.60. The number of aliphatic hydroxyl groups is 2. The predicted molar refractivity (Wildman–Crippen MR) is 65.1 cm³/mol. The molecule has 7 heteroatoms. The van der Waals surface area contributed by atoms with Gasteiger partial charge in [0.05, 0.1) is 11.2 Å². The van der Waals surface area contributed by atoms with Crippen molar-refractivity contribution in [1.82, 2.24) is 0 Å². The molecule has 4 saturated carbocycles. The van der Waals surface area contributed by atoms with Gasteiger partial charge < -0.3 is 14.9 Å². The van der Waals surface area contributed by atoms with Gasteiger partial charge in [-0.3, -0.25) is 0 Å². The molecule has 2 N–H and O–H groups in total. The molecule has 4 fully saturated rings. The monoisotopic (exact) mass is 306 g/mol. The summed E-state index contributed by atoms with van der Waals surface area (Å²) in [5.74, 6) is -1.56. The van der Waals surface area contributed by atoms with Crippen molar-refractivity contribution in [2.45, 2.75) is 61.5 Å². The van der Waals surface area contributed by atoms with Gasteiger partial charge in [-0.2, -0.15) is 13.2 Å². The van der Waals surface area contributed by atoms with Crippen molar-refractivity contribution in [3.05, 3.63) is 12.2 Å². The minimum Gasteiger partial charge on any atom is -0.455 e. The van der Waals surface area contributed by atoms with Crippen LogP contribution >= 0.6 is 0 Å². The molecule has 4 bridgehead atoms. The van der Waals surface area contributed by atoms with Gasteiger partial charge in [-0.25, -0.2) is 4.79 Å². The summed E-state index contributed by atoms with van der Waals surface area (Å²) in [7, 11) is 0. The Labute approximate surface area is 119 Å². The lowest BCUT2D eigenvalue weighted by molar-refractivity contribution is -0.261. The predicted octanol–water partition coefficient (Wildman–Crippen LogP) is 1.85. The first-order chi connectivity index (χ1) is 9.45. The zero-order valence-corrected chi connectivity index (χ0v) is 11.4. The fourth-order valence-electron chi connectivity index (χ4n) is 4.74. The van der Waals surface area contributed by atoms with E-state index < -0.39 is 34.5 Å². The van der Waals surface area contributed by atoms with Gasteiger partial charge in [0.1, 0.15) is 11.2 Å². The van der Waals surface area contributed by atoms with Crippen LogP contribution in [-0.2, 0) is 9.53 Å². The second-order valence-electron chi connectivity index (χ2n) is 7.01. The SMILES string of the molecule is C=C(C(=O)OC12CC3CC(O)(CC(O)(C3)C1)C2)C(F)(F)F. The Kier molecular flexibility index (Phi) is 2.83. The van der Waals surface area contributed by atoms with Crippen LogP contribution in [0.2, 0.25) is 0 Å². The number of alkyl halides is 3. The van der Waals surface area contributed by atoms with Gasteiger partial charge in [-0.1, -0.05) is 6.58 Å². The van der Waals surface area contributed by atoms with Gasteiger partial charge in [0.15, 0.2) is 0 Å². The summed E-state index contributed by atoms with van der Waals surface area (Å²) in [5.41, 5.74) is -5.09. The Morgan fingerprint density at radius 2 is 1.62 bits per heavy atom. The first kappa shape index (κ1) is 14.8. The maximum atomic E-state index is 12.5. The third kappa shape index (κ3) is 2.46. The molecule has 0 aliphatic heterocycles. The summed E-state index contributed by atoms with van der Waals surface area (Å²) >= 11 is 0. The van der Waals surface area contributed by atoms with Gasteiger partial charge in [0, 0.05) is 19.3 Å². The van der Waals surface area contributed by atoms with Gasteiger partial charge in [-0.15, -0.1) is 0 Å². The second-order valence-corrected chi connectivity index (χ2v) is 7.01. The number of halogens is 3. The van der Waals surface area contributed by atoms with Crippen LogP contribution in [0, 0.1) is 5.92 Å². The second kappa shape index (κ2) is 4.01. The van der Waals surface area contributed by atoms with Gasteiger partial charge in [-0.05, 0) is 25.2 Å². The van der Waals surface area contributed by atoms with Crippen molar-refractivity contribution >= 4 is 5.97 Å². The van der Waals surface area contributed by atoms with E-state index in [-0.39, 0.29) is 25.2 Å². The molecule has 118 valence electrons. The summed E-state index contributed by atoms with van der Waals surface area (Å²) in [6.07, 6.45) is -3.12. The normalized spacial score (nSPS) is 44.7. The van der Waals surface area contributed by atoms with E-state index in [1.165, 1.54) is 0 Å². The summed E-state index contributed by atoms with van der Waals surface area (Å²) in [6.45, 7) is 2.73. The fraction of sp³-hybridized carbons (Fsp3) is 0.786. The molecule has 0 aromatic carbocycles. The van der Waals surface area contributed by atoms with E-state index in [0.717, 1.165) is 0 Å². The van der Waals surface area contributed by atoms with Gasteiger partial charge >= 0.3 is 12.1 Å². The van der Waals surface area contributed by atoms with E-state index in [4.69, 9.17) is 4.74 Å². The van der Waals surface area contributed by atoms with E-state index in [1.54, 1.807) is 0 Å². The molecule has 0 aromatic rings.